The quantitative estimate of drug-likeness (QED) is 0.357. The van der Waals surface area contributed by atoms with Gasteiger partial charge in [0.1, 0.15) is 18.2 Å². The van der Waals surface area contributed by atoms with Crippen LogP contribution in [0, 0.1) is 0 Å². The zero-order valence-corrected chi connectivity index (χ0v) is 19.1. The van der Waals surface area contributed by atoms with Crippen molar-refractivity contribution in [3.05, 3.63) is 83.9 Å². The zero-order chi connectivity index (χ0) is 23.5. The summed E-state index contributed by atoms with van der Waals surface area (Å²) in [6, 6.07) is 23.2. The lowest BCUT2D eigenvalue weighted by Gasteiger charge is -2.25. The summed E-state index contributed by atoms with van der Waals surface area (Å²) in [4.78, 5) is 16.4. The number of imidazole rings is 1. The summed E-state index contributed by atoms with van der Waals surface area (Å²) in [5.41, 5.74) is 10.2. The summed E-state index contributed by atoms with van der Waals surface area (Å²) in [5, 5.41) is 9.42. The smallest absolute Gasteiger partial charge is 0.335 e. The molecular formula is C28H29N3O3. The topological polar surface area (TPSA) is 90.4 Å². The molecule has 1 aliphatic rings. The van der Waals surface area contributed by atoms with E-state index in [1.807, 2.05) is 60.7 Å². The Bertz CT molecular complexity index is 1280. The SMILES string of the molecule is N[C@H](COc1ccc(-c2nc3cc(C(=O)O)ccc3n2C2CCCCC2)cc1)c1ccccc1. The third-order valence-electron chi connectivity index (χ3n) is 6.65. The fourth-order valence-electron chi connectivity index (χ4n) is 4.83. The van der Waals surface area contributed by atoms with E-state index in [2.05, 4.69) is 4.57 Å². The zero-order valence-electron chi connectivity index (χ0n) is 19.1. The number of aromatic carboxylic acids is 1. The summed E-state index contributed by atoms with van der Waals surface area (Å²) >= 11 is 0. The normalized spacial score (nSPS) is 15.3. The molecule has 0 amide bonds. The highest BCUT2D eigenvalue weighted by molar-refractivity contribution is 5.93. The summed E-state index contributed by atoms with van der Waals surface area (Å²) in [6.45, 7) is 0.391. The van der Waals surface area contributed by atoms with Gasteiger partial charge in [0.25, 0.3) is 0 Å². The number of nitrogens with two attached hydrogens (primary N) is 1. The highest BCUT2D eigenvalue weighted by Gasteiger charge is 2.23. The molecule has 0 bridgehead atoms. The van der Waals surface area contributed by atoms with E-state index >= 15 is 0 Å². The van der Waals surface area contributed by atoms with Gasteiger partial charge in [0.15, 0.2) is 0 Å². The van der Waals surface area contributed by atoms with Crippen molar-refractivity contribution in [2.24, 2.45) is 5.73 Å². The highest BCUT2D eigenvalue weighted by atomic mass is 16.5. The van der Waals surface area contributed by atoms with Crippen molar-refractivity contribution in [1.29, 1.82) is 0 Å². The first-order valence-electron chi connectivity index (χ1n) is 11.9. The van der Waals surface area contributed by atoms with E-state index in [1.165, 1.54) is 19.3 Å². The standard InChI is InChI=1S/C28H29N3O3/c29-24(19-7-3-1-4-8-19)18-34-23-14-11-20(12-15-23)27-30-25-17-21(28(32)33)13-16-26(25)31(27)22-9-5-2-6-10-22/h1,3-4,7-8,11-17,22,24H,2,5-6,9-10,18,29H2,(H,32,33)/t24-/m1/s1. The first-order valence-corrected chi connectivity index (χ1v) is 11.9. The number of fused-ring (bicyclic) bond motifs is 1. The third-order valence-corrected chi connectivity index (χ3v) is 6.65. The fraction of sp³-hybridized carbons (Fsp3) is 0.286. The molecule has 1 heterocycles. The molecule has 3 aromatic carbocycles. The van der Waals surface area contributed by atoms with Crippen LogP contribution in [-0.4, -0.2) is 27.2 Å². The molecule has 174 valence electrons. The number of nitrogens with zero attached hydrogens (tertiary/aromatic N) is 2. The van der Waals surface area contributed by atoms with Gasteiger partial charge in [-0.15, -0.1) is 0 Å². The van der Waals surface area contributed by atoms with E-state index in [-0.39, 0.29) is 11.6 Å². The Labute approximate surface area is 199 Å². The molecule has 0 aliphatic heterocycles. The van der Waals surface area contributed by atoms with Gasteiger partial charge in [0.05, 0.1) is 22.6 Å². The first kappa shape index (κ1) is 22.2. The highest BCUT2D eigenvalue weighted by Crippen LogP contribution is 2.36. The van der Waals surface area contributed by atoms with Crippen LogP contribution in [0.15, 0.2) is 72.8 Å². The molecule has 0 spiro atoms. The Morgan fingerprint density at radius 1 is 1.03 bits per heavy atom. The molecule has 6 nitrogen and oxygen atoms in total. The Morgan fingerprint density at radius 3 is 2.47 bits per heavy atom. The molecule has 3 N–H and O–H groups in total. The largest absolute Gasteiger partial charge is 0.492 e. The molecule has 0 unspecified atom stereocenters. The minimum absolute atomic E-state index is 0.195. The second-order valence-electron chi connectivity index (χ2n) is 8.96. The van der Waals surface area contributed by atoms with Crippen molar-refractivity contribution in [2.75, 3.05) is 6.61 Å². The predicted octanol–water partition coefficient (Wildman–Crippen LogP) is 5.99. The van der Waals surface area contributed by atoms with Crippen LogP contribution in [0.2, 0.25) is 0 Å². The molecule has 1 aromatic heterocycles. The average Bonchev–Trinajstić information content (AvgIpc) is 3.27. The van der Waals surface area contributed by atoms with Gasteiger partial charge in [-0.3, -0.25) is 0 Å². The molecule has 0 saturated heterocycles. The molecule has 4 aromatic rings. The van der Waals surface area contributed by atoms with Crippen LogP contribution in [0.5, 0.6) is 5.75 Å². The van der Waals surface area contributed by atoms with Crippen molar-refractivity contribution in [1.82, 2.24) is 9.55 Å². The average molecular weight is 456 g/mol. The van der Waals surface area contributed by atoms with E-state index < -0.39 is 5.97 Å². The second kappa shape index (κ2) is 9.69. The van der Waals surface area contributed by atoms with E-state index in [0.717, 1.165) is 46.6 Å². The molecule has 34 heavy (non-hydrogen) atoms. The summed E-state index contributed by atoms with van der Waals surface area (Å²) in [5.74, 6) is 0.687. The molecule has 0 radical (unpaired) electrons. The Kier molecular flexibility index (Phi) is 6.32. The molecule has 1 atom stereocenters. The van der Waals surface area contributed by atoms with Crippen molar-refractivity contribution >= 4 is 17.0 Å². The number of rotatable bonds is 7. The maximum Gasteiger partial charge on any atom is 0.335 e. The minimum Gasteiger partial charge on any atom is -0.492 e. The summed E-state index contributed by atoms with van der Waals surface area (Å²) in [6.07, 6.45) is 5.88. The number of benzene rings is 3. The van der Waals surface area contributed by atoms with Crippen LogP contribution in [0.1, 0.15) is 60.1 Å². The Hall–Kier alpha value is -3.64. The van der Waals surface area contributed by atoms with Gasteiger partial charge in [-0.2, -0.15) is 0 Å². The lowest BCUT2D eigenvalue weighted by Crippen LogP contribution is -2.18. The monoisotopic (exact) mass is 455 g/mol. The number of hydrogen-bond acceptors (Lipinski definition) is 4. The molecule has 5 rings (SSSR count). The van der Waals surface area contributed by atoms with E-state index in [1.54, 1.807) is 12.1 Å². The summed E-state index contributed by atoms with van der Waals surface area (Å²) < 4.78 is 8.25. The maximum atomic E-state index is 11.5. The van der Waals surface area contributed by atoms with Crippen LogP contribution in [-0.2, 0) is 0 Å². The summed E-state index contributed by atoms with van der Waals surface area (Å²) in [7, 11) is 0. The van der Waals surface area contributed by atoms with Crippen molar-refractivity contribution in [3.8, 4) is 17.1 Å². The van der Waals surface area contributed by atoms with Gasteiger partial charge >= 0.3 is 5.97 Å². The van der Waals surface area contributed by atoms with Gasteiger partial charge < -0.3 is 20.1 Å². The predicted molar refractivity (Wildman–Crippen MR) is 133 cm³/mol. The first-order chi connectivity index (χ1) is 16.6. The third kappa shape index (κ3) is 4.54. The number of carbonyl (C=O) groups is 1. The minimum atomic E-state index is -0.939. The second-order valence-corrected chi connectivity index (χ2v) is 8.96. The maximum absolute atomic E-state index is 11.5. The lowest BCUT2D eigenvalue weighted by molar-refractivity contribution is 0.0697. The van der Waals surface area contributed by atoms with Gasteiger partial charge in [0.2, 0.25) is 0 Å². The number of ether oxygens (including phenoxy) is 1. The fourth-order valence-corrected chi connectivity index (χ4v) is 4.83. The van der Waals surface area contributed by atoms with E-state index in [4.69, 9.17) is 15.5 Å². The van der Waals surface area contributed by atoms with Crippen LogP contribution >= 0.6 is 0 Å². The lowest BCUT2D eigenvalue weighted by atomic mass is 9.95. The number of hydrogen-bond donors (Lipinski definition) is 2. The van der Waals surface area contributed by atoms with Crippen molar-refractivity contribution in [3.63, 3.8) is 0 Å². The Morgan fingerprint density at radius 2 is 1.76 bits per heavy atom. The van der Waals surface area contributed by atoms with Crippen LogP contribution in [0.4, 0.5) is 0 Å². The van der Waals surface area contributed by atoms with E-state index in [0.29, 0.717) is 12.6 Å². The number of carboxylic acids is 1. The van der Waals surface area contributed by atoms with Gasteiger partial charge in [-0.25, -0.2) is 9.78 Å². The molecule has 1 fully saturated rings. The van der Waals surface area contributed by atoms with Crippen LogP contribution < -0.4 is 10.5 Å². The van der Waals surface area contributed by atoms with Crippen molar-refractivity contribution < 1.29 is 14.6 Å². The Balaban J connectivity index is 1.43. The number of carboxylic acid groups (broad SMARTS) is 1. The van der Waals surface area contributed by atoms with E-state index in [9.17, 15) is 9.90 Å². The van der Waals surface area contributed by atoms with Crippen molar-refractivity contribution in [2.45, 2.75) is 44.2 Å². The van der Waals surface area contributed by atoms with Crippen LogP contribution in [0.3, 0.4) is 0 Å². The van der Waals surface area contributed by atoms with Gasteiger partial charge in [0, 0.05) is 11.6 Å². The van der Waals surface area contributed by atoms with Gasteiger partial charge in [-0.05, 0) is 60.9 Å². The number of aromatic nitrogens is 2. The molecule has 6 heteroatoms. The molecular weight excluding hydrogens is 426 g/mol. The van der Waals surface area contributed by atoms with Gasteiger partial charge in [-0.1, -0.05) is 49.6 Å². The molecule has 1 aliphatic carbocycles. The molecule has 1 saturated carbocycles. The van der Waals surface area contributed by atoms with Crippen LogP contribution in [0.25, 0.3) is 22.4 Å².